The first-order valence-corrected chi connectivity index (χ1v) is 21.3. The molecular weight excluding hydrogens is 708 g/mol. The van der Waals surface area contributed by atoms with E-state index in [1.165, 1.54) is 24.4 Å². The lowest BCUT2D eigenvalue weighted by molar-refractivity contribution is 0.107. The summed E-state index contributed by atoms with van der Waals surface area (Å²) in [5.41, 5.74) is 5.09. The van der Waals surface area contributed by atoms with E-state index in [0.29, 0.717) is 77.9 Å². The minimum absolute atomic E-state index is 0.0383. The molecule has 2 aromatic carbocycles. The summed E-state index contributed by atoms with van der Waals surface area (Å²) < 4.78 is 59.9. The van der Waals surface area contributed by atoms with Gasteiger partial charge in [-0.1, -0.05) is 60.1 Å². The Bertz CT molecular complexity index is 2150. The molecule has 2 atom stereocenters. The second-order valence-corrected chi connectivity index (χ2v) is 21.8. The van der Waals surface area contributed by atoms with Crippen molar-refractivity contribution in [1.29, 1.82) is 0 Å². The molecule has 286 valence electrons. The van der Waals surface area contributed by atoms with Gasteiger partial charge in [-0.05, 0) is 65.2 Å². The molecule has 5 heterocycles. The SMILES string of the molecule is C=C1COCCN(c2nc(OC[C@@]34CCCN3C[C@H](F)C4)nc3c(F)c(-c4cc(O)cc5ccc(F)c(C#C[Si](C(C)C)(C(C)C)C(C)C)c45)ncc23)C1. The standard InChI is InChI=1S/C42H50F3N5O3Si/c1-25(2)54(26(3)4,27(5)6)16-11-32-35(44)10-9-29-17-31(51)18-33(36(29)32)38-37(45)39-34(20-46-38)40(49-14-15-52-23-28(7)21-49)48-41(47-39)53-24-42-12-8-13-50(42)22-30(43)19-42/h9-10,17-18,20,25-27,30,51H,7-8,12-15,19,21-24H2,1-6H3/t30-,42+/m1/s1. The molecule has 54 heavy (non-hydrogen) atoms. The van der Waals surface area contributed by atoms with Gasteiger partial charge < -0.3 is 19.5 Å². The molecule has 0 amide bonds. The number of phenols is 1. The number of anilines is 1. The fourth-order valence-corrected chi connectivity index (χ4v) is 14.7. The third-order valence-electron chi connectivity index (χ3n) is 12.0. The van der Waals surface area contributed by atoms with Gasteiger partial charge in [0.1, 0.15) is 49.4 Å². The van der Waals surface area contributed by atoms with Crippen LogP contribution in [-0.2, 0) is 4.74 Å². The molecule has 7 rings (SSSR count). The summed E-state index contributed by atoms with van der Waals surface area (Å²) in [4.78, 5) is 18.1. The number of benzene rings is 2. The normalized spacial score (nSPS) is 21.0. The van der Waals surface area contributed by atoms with E-state index in [2.05, 4.69) is 74.5 Å². The van der Waals surface area contributed by atoms with E-state index < -0.39 is 31.4 Å². The van der Waals surface area contributed by atoms with Crippen LogP contribution >= 0.6 is 0 Å². The minimum Gasteiger partial charge on any atom is -0.508 e. The Morgan fingerprint density at radius 3 is 2.59 bits per heavy atom. The summed E-state index contributed by atoms with van der Waals surface area (Å²) in [6, 6.07) is 5.79. The molecule has 0 saturated carbocycles. The van der Waals surface area contributed by atoms with Crippen molar-refractivity contribution in [2.75, 3.05) is 50.9 Å². The zero-order chi connectivity index (χ0) is 38.5. The first-order valence-electron chi connectivity index (χ1n) is 19.1. The Kier molecular flexibility index (Phi) is 10.4. The molecular formula is C42H50F3N5O3Si. The van der Waals surface area contributed by atoms with Gasteiger partial charge in [0, 0.05) is 43.2 Å². The maximum Gasteiger partial charge on any atom is 0.319 e. The van der Waals surface area contributed by atoms with Crippen LogP contribution in [0.3, 0.4) is 0 Å². The largest absolute Gasteiger partial charge is 0.508 e. The summed E-state index contributed by atoms with van der Waals surface area (Å²) in [6.07, 6.45) is 2.67. The van der Waals surface area contributed by atoms with E-state index in [0.717, 1.165) is 25.0 Å². The highest BCUT2D eigenvalue weighted by atomic mass is 28.3. The third-order valence-corrected chi connectivity index (χ3v) is 18.3. The van der Waals surface area contributed by atoms with Crippen molar-refractivity contribution < 1.29 is 27.8 Å². The highest BCUT2D eigenvalue weighted by molar-refractivity contribution is 6.90. The molecule has 3 aliphatic rings. The Hall–Kier alpha value is -4.18. The van der Waals surface area contributed by atoms with Crippen LogP contribution in [0.2, 0.25) is 16.6 Å². The summed E-state index contributed by atoms with van der Waals surface area (Å²) in [6.45, 7) is 20.3. The van der Waals surface area contributed by atoms with Gasteiger partial charge >= 0.3 is 6.01 Å². The summed E-state index contributed by atoms with van der Waals surface area (Å²) in [7, 11) is -2.28. The van der Waals surface area contributed by atoms with E-state index in [1.807, 2.05) is 4.90 Å². The van der Waals surface area contributed by atoms with Crippen LogP contribution in [0.5, 0.6) is 11.8 Å². The number of alkyl halides is 1. The summed E-state index contributed by atoms with van der Waals surface area (Å²) >= 11 is 0. The quantitative estimate of drug-likeness (QED) is 0.109. The van der Waals surface area contributed by atoms with Crippen molar-refractivity contribution in [2.45, 2.75) is 89.1 Å². The van der Waals surface area contributed by atoms with E-state index in [-0.39, 0.29) is 40.7 Å². The van der Waals surface area contributed by atoms with Crippen LogP contribution in [0.15, 0.2) is 42.6 Å². The number of rotatable bonds is 8. The minimum atomic E-state index is -2.28. The Morgan fingerprint density at radius 2 is 1.85 bits per heavy atom. The predicted molar refractivity (Wildman–Crippen MR) is 210 cm³/mol. The van der Waals surface area contributed by atoms with Gasteiger partial charge in [-0.2, -0.15) is 9.97 Å². The molecule has 3 fully saturated rings. The number of phenolic OH excluding ortho intramolecular Hbond substituents is 1. The summed E-state index contributed by atoms with van der Waals surface area (Å²) in [5, 5.41) is 12.1. The van der Waals surface area contributed by atoms with Crippen LogP contribution in [0, 0.1) is 23.1 Å². The Labute approximate surface area is 316 Å². The van der Waals surface area contributed by atoms with E-state index >= 15 is 8.78 Å². The maximum absolute atomic E-state index is 17.3. The van der Waals surface area contributed by atoms with Gasteiger partial charge in [-0.15, -0.1) is 5.54 Å². The van der Waals surface area contributed by atoms with Crippen LogP contribution in [-0.4, -0.2) is 90.7 Å². The molecule has 0 unspecified atom stereocenters. The number of aromatic nitrogens is 3. The number of hydrogen-bond donors (Lipinski definition) is 1. The summed E-state index contributed by atoms with van der Waals surface area (Å²) in [5.74, 6) is 2.24. The zero-order valence-corrected chi connectivity index (χ0v) is 33.1. The monoisotopic (exact) mass is 757 g/mol. The predicted octanol–water partition coefficient (Wildman–Crippen LogP) is 8.75. The van der Waals surface area contributed by atoms with Gasteiger partial charge in [-0.3, -0.25) is 9.88 Å². The van der Waals surface area contributed by atoms with Gasteiger partial charge in [0.25, 0.3) is 0 Å². The molecule has 12 heteroatoms. The van der Waals surface area contributed by atoms with Crippen molar-refractivity contribution in [3.05, 3.63) is 59.8 Å². The highest BCUT2D eigenvalue weighted by Gasteiger charge is 2.49. The molecule has 8 nitrogen and oxygen atoms in total. The van der Waals surface area contributed by atoms with E-state index in [4.69, 9.17) is 14.5 Å². The Morgan fingerprint density at radius 1 is 1.09 bits per heavy atom. The van der Waals surface area contributed by atoms with Gasteiger partial charge in [-0.25, -0.2) is 13.2 Å². The van der Waals surface area contributed by atoms with E-state index in [1.54, 1.807) is 6.07 Å². The number of halogens is 3. The molecule has 0 aliphatic carbocycles. The van der Waals surface area contributed by atoms with Crippen LogP contribution < -0.4 is 9.64 Å². The van der Waals surface area contributed by atoms with Gasteiger partial charge in [0.15, 0.2) is 5.82 Å². The number of hydrogen-bond acceptors (Lipinski definition) is 8. The first kappa shape index (κ1) is 38.1. The lowest BCUT2D eigenvalue weighted by Crippen LogP contribution is -2.43. The molecule has 3 saturated heterocycles. The molecule has 2 aromatic heterocycles. The fraction of sp³-hybridized carbons (Fsp3) is 0.500. The molecule has 0 bridgehead atoms. The molecule has 3 aliphatic heterocycles. The molecule has 4 aromatic rings. The number of fused-ring (bicyclic) bond motifs is 3. The average molecular weight is 758 g/mol. The average Bonchev–Trinajstić information content (AvgIpc) is 3.55. The first-order chi connectivity index (χ1) is 25.7. The molecule has 0 radical (unpaired) electrons. The Balaban J connectivity index is 1.41. The maximum atomic E-state index is 17.3. The highest BCUT2D eigenvalue weighted by Crippen LogP contribution is 2.43. The molecule has 0 spiro atoms. The van der Waals surface area contributed by atoms with Crippen molar-refractivity contribution in [1.82, 2.24) is 19.9 Å². The number of ether oxygens (including phenoxy) is 2. The van der Waals surface area contributed by atoms with Crippen molar-refractivity contribution in [3.8, 4) is 34.5 Å². The lowest BCUT2D eigenvalue weighted by Gasteiger charge is -2.38. The molecule has 1 N–H and O–H groups in total. The van der Waals surface area contributed by atoms with Crippen molar-refractivity contribution in [3.63, 3.8) is 0 Å². The smallest absolute Gasteiger partial charge is 0.319 e. The number of aromatic hydroxyl groups is 1. The van der Waals surface area contributed by atoms with Crippen molar-refractivity contribution >= 4 is 35.6 Å². The third kappa shape index (κ3) is 6.73. The lowest BCUT2D eigenvalue weighted by atomic mass is 9.95. The zero-order valence-electron chi connectivity index (χ0n) is 32.1. The van der Waals surface area contributed by atoms with Crippen LogP contribution in [0.4, 0.5) is 19.0 Å². The number of pyridine rings is 1. The van der Waals surface area contributed by atoms with Gasteiger partial charge in [0.2, 0.25) is 0 Å². The van der Waals surface area contributed by atoms with Gasteiger partial charge in [0.05, 0.1) is 29.7 Å². The fourth-order valence-electron chi connectivity index (χ4n) is 9.47. The van der Waals surface area contributed by atoms with Crippen LogP contribution in [0.1, 0.15) is 66.4 Å². The topological polar surface area (TPSA) is 83.8 Å². The second kappa shape index (κ2) is 14.8. The van der Waals surface area contributed by atoms with E-state index in [9.17, 15) is 9.50 Å². The number of nitrogens with zero attached hydrogens (tertiary/aromatic N) is 5. The second-order valence-electron chi connectivity index (χ2n) is 16.3. The van der Waals surface area contributed by atoms with Crippen molar-refractivity contribution in [2.24, 2.45) is 0 Å². The van der Waals surface area contributed by atoms with Crippen LogP contribution in [0.25, 0.3) is 32.9 Å².